The van der Waals surface area contributed by atoms with Gasteiger partial charge in [0.1, 0.15) is 13.2 Å². The van der Waals surface area contributed by atoms with Crippen molar-refractivity contribution in [2.75, 3.05) is 13.2 Å². The van der Waals surface area contributed by atoms with E-state index in [0.29, 0.717) is 18.2 Å². The van der Waals surface area contributed by atoms with Crippen LogP contribution in [0.1, 0.15) is 5.56 Å². The molecule has 1 aliphatic rings. The van der Waals surface area contributed by atoms with Crippen molar-refractivity contribution in [2.45, 2.75) is 0 Å². The summed E-state index contributed by atoms with van der Waals surface area (Å²) in [6, 6.07) is 11.3. The van der Waals surface area contributed by atoms with Crippen molar-refractivity contribution < 1.29 is 9.47 Å². The molecule has 0 fully saturated rings. The standard InChI is InChI=1S/C16H11ClO2/c1-2-11-3-5-14(17)13(9-11)12-4-6-15-16(10-12)19-8-7-18-15/h1,3-6,9-10H,7-8H2. The summed E-state index contributed by atoms with van der Waals surface area (Å²) < 4.78 is 11.1. The Morgan fingerprint density at radius 1 is 1.00 bits per heavy atom. The molecule has 0 aromatic heterocycles. The molecule has 0 bridgehead atoms. The van der Waals surface area contributed by atoms with E-state index in [4.69, 9.17) is 27.5 Å². The minimum atomic E-state index is 0.564. The van der Waals surface area contributed by atoms with Crippen molar-refractivity contribution in [3.8, 4) is 35.0 Å². The third-order valence-electron chi connectivity index (χ3n) is 2.99. The van der Waals surface area contributed by atoms with Crippen LogP contribution in [-0.2, 0) is 0 Å². The van der Waals surface area contributed by atoms with Gasteiger partial charge >= 0.3 is 0 Å². The molecule has 2 aromatic rings. The van der Waals surface area contributed by atoms with Crippen molar-refractivity contribution in [3.05, 3.63) is 47.0 Å². The maximum Gasteiger partial charge on any atom is 0.161 e. The number of halogens is 1. The molecule has 3 heteroatoms. The van der Waals surface area contributed by atoms with Gasteiger partial charge in [0.25, 0.3) is 0 Å². The smallest absolute Gasteiger partial charge is 0.161 e. The summed E-state index contributed by atoms with van der Waals surface area (Å²) >= 11 is 6.23. The van der Waals surface area contributed by atoms with Gasteiger partial charge in [0.15, 0.2) is 11.5 Å². The number of fused-ring (bicyclic) bond motifs is 1. The molecule has 0 spiro atoms. The molecule has 1 heterocycles. The zero-order valence-electron chi connectivity index (χ0n) is 10.2. The number of terminal acetylenes is 1. The highest BCUT2D eigenvalue weighted by atomic mass is 35.5. The molecule has 1 aliphatic heterocycles. The van der Waals surface area contributed by atoms with Crippen LogP contribution in [0.25, 0.3) is 11.1 Å². The second-order valence-electron chi connectivity index (χ2n) is 4.20. The minimum Gasteiger partial charge on any atom is -0.486 e. The number of benzene rings is 2. The van der Waals surface area contributed by atoms with Crippen LogP contribution in [0.15, 0.2) is 36.4 Å². The minimum absolute atomic E-state index is 0.564. The second-order valence-corrected chi connectivity index (χ2v) is 4.60. The van der Waals surface area contributed by atoms with E-state index in [1.165, 1.54) is 0 Å². The first-order chi connectivity index (χ1) is 9.28. The summed E-state index contributed by atoms with van der Waals surface area (Å²) in [7, 11) is 0. The molecule has 0 radical (unpaired) electrons. The van der Waals surface area contributed by atoms with Crippen molar-refractivity contribution in [1.29, 1.82) is 0 Å². The maximum atomic E-state index is 6.23. The van der Waals surface area contributed by atoms with E-state index in [1.807, 2.05) is 36.4 Å². The normalized spacial score (nSPS) is 12.8. The first kappa shape index (κ1) is 12.0. The quantitative estimate of drug-likeness (QED) is 0.735. The number of ether oxygens (including phenoxy) is 2. The maximum absolute atomic E-state index is 6.23. The lowest BCUT2D eigenvalue weighted by Crippen LogP contribution is -2.15. The SMILES string of the molecule is C#Cc1ccc(Cl)c(-c2ccc3c(c2)OCCO3)c1. The summed E-state index contributed by atoms with van der Waals surface area (Å²) in [6.07, 6.45) is 5.42. The first-order valence-corrected chi connectivity index (χ1v) is 6.32. The molecule has 0 N–H and O–H groups in total. The van der Waals surface area contributed by atoms with Crippen LogP contribution < -0.4 is 9.47 Å². The highest BCUT2D eigenvalue weighted by Crippen LogP contribution is 2.37. The van der Waals surface area contributed by atoms with Crippen LogP contribution in [0, 0.1) is 12.3 Å². The van der Waals surface area contributed by atoms with Gasteiger partial charge in [-0.05, 0) is 35.9 Å². The van der Waals surface area contributed by atoms with E-state index in [9.17, 15) is 0 Å². The number of hydrogen-bond acceptors (Lipinski definition) is 2. The fourth-order valence-electron chi connectivity index (χ4n) is 2.05. The van der Waals surface area contributed by atoms with Gasteiger partial charge in [0.05, 0.1) is 0 Å². The van der Waals surface area contributed by atoms with E-state index < -0.39 is 0 Å². The lowest BCUT2D eigenvalue weighted by molar-refractivity contribution is 0.171. The Labute approximate surface area is 116 Å². The van der Waals surface area contributed by atoms with Crippen LogP contribution >= 0.6 is 11.6 Å². The Kier molecular flexibility index (Phi) is 3.06. The van der Waals surface area contributed by atoms with E-state index in [0.717, 1.165) is 28.2 Å². The molecule has 0 atom stereocenters. The Morgan fingerprint density at radius 3 is 2.58 bits per heavy atom. The Bertz CT molecular complexity index is 671. The fraction of sp³-hybridized carbons (Fsp3) is 0.125. The van der Waals surface area contributed by atoms with Crippen molar-refractivity contribution in [1.82, 2.24) is 0 Å². The Hall–Kier alpha value is -2.11. The predicted octanol–water partition coefficient (Wildman–Crippen LogP) is 3.76. The predicted molar refractivity (Wildman–Crippen MR) is 75.8 cm³/mol. The van der Waals surface area contributed by atoms with E-state index >= 15 is 0 Å². The lowest BCUT2D eigenvalue weighted by atomic mass is 10.0. The zero-order chi connectivity index (χ0) is 13.2. The molecule has 0 saturated heterocycles. The third kappa shape index (κ3) is 2.25. The molecule has 0 amide bonds. The molecule has 19 heavy (non-hydrogen) atoms. The monoisotopic (exact) mass is 270 g/mol. The van der Waals surface area contributed by atoms with E-state index in [1.54, 1.807) is 0 Å². The summed E-state index contributed by atoms with van der Waals surface area (Å²) in [5, 5.41) is 0.663. The van der Waals surface area contributed by atoms with Crippen LogP contribution in [-0.4, -0.2) is 13.2 Å². The molecule has 3 rings (SSSR count). The molecular formula is C16H11ClO2. The van der Waals surface area contributed by atoms with Gasteiger partial charge in [0.2, 0.25) is 0 Å². The molecule has 0 saturated carbocycles. The zero-order valence-corrected chi connectivity index (χ0v) is 10.9. The molecule has 0 unspecified atom stereocenters. The van der Waals surface area contributed by atoms with Crippen LogP contribution in [0.5, 0.6) is 11.5 Å². The average Bonchev–Trinajstić information content (AvgIpc) is 2.47. The lowest BCUT2D eigenvalue weighted by Gasteiger charge is -2.19. The summed E-state index contributed by atoms with van der Waals surface area (Å²) in [5.41, 5.74) is 2.66. The van der Waals surface area contributed by atoms with Gasteiger partial charge in [-0.1, -0.05) is 23.6 Å². The topological polar surface area (TPSA) is 18.5 Å². The van der Waals surface area contributed by atoms with Gasteiger partial charge in [0, 0.05) is 16.1 Å². The molecule has 0 aliphatic carbocycles. The van der Waals surface area contributed by atoms with Gasteiger partial charge in [-0.3, -0.25) is 0 Å². The highest BCUT2D eigenvalue weighted by Gasteiger charge is 2.13. The summed E-state index contributed by atoms with van der Waals surface area (Å²) in [4.78, 5) is 0. The number of rotatable bonds is 1. The first-order valence-electron chi connectivity index (χ1n) is 5.94. The van der Waals surface area contributed by atoms with Crippen molar-refractivity contribution in [2.24, 2.45) is 0 Å². The van der Waals surface area contributed by atoms with Crippen LogP contribution in [0.3, 0.4) is 0 Å². The van der Waals surface area contributed by atoms with Gasteiger partial charge in [-0.2, -0.15) is 0 Å². The van der Waals surface area contributed by atoms with Gasteiger partial charge in [-0.15, -0.1) is 6.42 Å². The Balaban J connectivity index is 2.09. The van der Waals surface area contributed by atoms with Gasteiger partial charge in [-0.25, -0.2) is 0 Å². The number of hydrogen-bond donors (Lipinski definition) is 0. The second kappa shape index (κ2) is 4.87. The largest absolute Gasteiger partial charge is 0.486 e. The summed E-state index contributed by atoms with van der Waals surface area (Å²) in [6.45, 7) is 1.15. The molecule has 2 aromatic carbocycles. The highest BCUT2D eigenvalue weighted by molar-refractivity contribution is 6.33. The molecule has 94 valence electrons. The van der Waals surface area contributed by atoms with Crippen LogP contribution in [0.2, 0.25) is 5.02 Å². The van der Waals surface area contributed by atoms with Crippen LogP contribution in [0.4, 0.5) is 0 Å². The fourth-order valence-corrected chi connectivity index (χ4v) is 2.27. The van der Waals surface area contributed by atoms with Crippen molar-refractivity contribution in [3.63, 3.8) is 0 Å². The molecular weight excluding hydrogens is 260 g/mol. The van der Waals surface area contributed by atoms with Gasteiger partial charge < -0.3 is 9.47 Å². The van der Waals surface area contributed by atoms with E-state index in [2.05, 4.69) is 5.92 Å². The molecule has 2 nitrogen and oxygen atoms in total. The third-order valence-corrected chi connectivity index (χ3v) is 3.32. The Morgan fingerprint density at radius 2 is 1.79 bits per heavy atom. The van der Waals surface area contributed by atoms with E-state index in [-0.39, 0.29) is 0 Å². The van der Waals surface area contributed by atoms with Crippen molar-refractivity contribution >= 4 is 11.6 Å². The average molecular weight is 271 g/mol. The summed E-state index contributed by atoms with van der Waals surface area (Å²) in [5.74, 6) is 4.12.